The highest BCUT2D eigenvalue weighted by molar-refractivity contribution is 5.79. The van der Waals surface area contributed by atoms with Crippen molar-refractivity contribution in [2.45, 2.75) is 52.9 Å². The van der Waals surface area contributed by atoms with E-state index in [1.54, 1.807) is 0 Å². The minimum absolute atomic E-state index is 1.03. The second kappa shape index (κ2) is 11.5. The molecular weight excluding hydrogens is 290 g/mol. The molecule has 1 aromatic rings. The Hall–Kier alpha value is -2.02. The van der Waals surface area contributed by atoms with Crippen LogP contribution in [-0.4, -0.2) is 7.05 Å². The number of hydrogen-bond acceptors (Lipinski definition) is 1. The Morgan fingerprint density at radius 1 is 1.12 bits per heavy atom. The molecule has 0 unspecified atom stereocenters. The molecule has 0 heterocycles. The second-order valence-corrected chi connectivity index (χ2v) is 5.60. The summed E-state index contributed by atoms with van der Waals surface area (Å²) >= 11 is 0. The molecule has 1 N–H and O–H groups in total. The zero-order valence-electron chi connectivity index (χ0n) is 15.9. The van der Waals surface area contributed by atoms with Gasteiger partial charge in [-0.2, -0.15) is 0 Å². The minimum Gasteiger partial charge on any atom is -0.391 e. The molecule has 24 heavy (non-hydrogen) atoms. The van der Waals surface area contributed by atoms with Gasteiger partial charge in [-0.25, -0.2) is 0 Å². The molecule has 1 aliphatic carbocycles. The molecule has 1 nitrogen and oxygen atoms in total. The standard InChI is InChI=1S/C21H27N.C2H6/c1-4-17(5-2)21(22-3)16-15-19-13-9-10-14-20(19)18-11-7-6-8-12-18;1-2/h4,6-8,11-14,22H,1,5,9-10,15-16H2,2-3H3;1-2H3/b21-17+;. The fourth-order valence-electron chi connectivity index (χ4n) is 3.07. The van der Waals surface area contributed by atoms with Gasteiger partial charge in [0.1, 0.15) is 0 Å². The molecule has 0 bridgehead atoms. The molecule has 0 aromatic heterocycles. The first kappa shape index (κ1) is 20.0. The van der Waals surface area contributed by atoms with Gasteiger partial charge in [0, 0.05) is 12.7 Å². The van der Waals surface area contributed by atoms with Crippen molar-refractivity contribution in [1.82, 2.24) is 5.32 Å². The number of rotatable bonds is 7. The van der Waals surface area contributed by atoms with Crippen molar-refractivity contribution in [2.24, 2.45) is 0 Å². The van der Waals surface area contributed by atoms with Crippen molar-refractivity contribution in [1.29, 1.82) is 0 Å². The molecule has 0 aliphatic heterocycles. The zero-order valence-corrected chi connectivity index (χ0v) is 15.9. The van der Waals surface area contributed by atoms with Gasteiger partial charge in [0.2, 0.25) is 0 Å². The van der Waals surface area contributed by atoms with Crippen LogP contribution in [0.3, 0.4) is 0 Å². The van der Waals surface area contributed by atoms with Gasteiger partial charge < -0.3 is 5.32 Å². The Balaban J connectivity index is 0.00000139. The molecule has 130 valence electrons. The van der Waals surface area contributed by atoms with Crippen LogP contribution in [0.4, 0.5) is 0 Å². The number of benzene rings is 1. The largest absolute Gasteiger partial charge is 0.391 e. The van der Waals surface area contributed by atoms with E-state index in [0.29, 0.717) is 0 Å². The summed E-state index contributed by atoms with van der Waals surface area (Å²) < 4.78 is 0. The highest BCUT2D eigenvalue weighted by Crippen LogP contribution is 2.32. The Morgan fingerprint density at radius 3 is 2.38 bits per heavy atom. The average Bonchev–Trinajstić information content (AvgIpc) is 2.67. The maximum Gasteiger partial charge on any atom is 0.0140 e. The van der Waals surface area contributed by atoms with Gasteiger partial charge in [-0.05, 0) is 54.4 Å². The Bertz CT molecular complexity index is 588. The van der Waals surface area contributed by atoms with Gasteiger partial charge in [-0.3, -0.25) is 0 Å². The van der Waals surface area contributed by atoms with Crippen molar-refractivity contribution >= 4 is 5.57 Å². The van der Waals surface area contributed by atoms with E-state index in [1.165, 1.54) is 28.0 Å². The van der Waals surface area contributed by atoms with Crippen molar-refractivity contribution in [3.63, 3.8) is 0 Å². The van der Waals surface area contributed by atoms with Crippen LogP contribution in [0.25, 0.3) is 5.57 Å². The predicted octanol–water partition coefficient (Wildman–Crippen LogP) is 6.67. The van der Waals surface area contributed by atoms with Crippen LogP contribution < -0.4 is 5.32 Å². The molecule has 0 saturated heterocycles. The second-order valence-electron chi connectivity index (χ2n) is 5.60. The summed E-state index contributed by atoms with van der Waals surface area (Å²) in [5.41, 5.74) is 6.87. The van der Waals surface area contributed by atoms with E-state index in [9.17, 15) is 0 Å². The SMILES string of the molecule is C=C/C(CC)=C(/CCC1=CCCC=C1c1ccccc1)NC.CC. The van der Waals surface area contributed by atoms with E-state index in [-0.39, 0.29) is 0 Å². The lowest BCUT2D eigenvalue weighted by Gasteiger charge is -2.18. The maximum absolute atomic E-state index is 3.93. The number of hydrogen-bond donors (Lipinski definition) is 1. The third kappa shape index (κ3) is 5.56. The first-order valence-corrected chi connectivity index (χ1v) is 9.27. The van der Waals surface area contributed by atoms with Crippen LogP contribution in [0.5, 0.6) is 0 Å². The summed E-state index contributed by atoms with van der Waals surface area (Å²) in [6.45, 7) is 10.1. The van der Waals surface area contributed by atoms with Gasteiger partial charge in [0.25, 0.3) is 0 Å². The molecule has 0 amide bonds. The van der Waals surface area contributed by atoms with Crippen molar-refractivity contribution < 1.29 is 0 Å². The van der Waals surface area contributed by atoms with E-state index in [4.69, 9.17) is 0 Å². The maximum atomic E-state index is 3.93. The molecular formula is C23H33N. The quantitative estimate of drug-likeness (QED) is 0.553. The molecule has 2 rings (SSSR count). The lowest BCUT2D eigenvalue weighted by molar-refractivity contribution is 0.809. The lowest BCUT2D eigenvalue weighted by atomic mass is 9.88. The van der Waals surface area contributed by atoms with Crippen LogP contribution in [0, 0.1) is 0 Å². The Labute approximate surface area is 148 Å². The fraction of sp³-hybridized carbons (Fsp3) is 0.391. The van der Waals surface area contributed by atoms with Gasteiger partial charge >= 0.3 is 0 Å². The van der Waals surface area contributed by atoms with Crippen LogP contribution >= 0.6 is 0 Å². The number of allylic oxidation sites excluding steroid dienone is 7. The smallest absolute Gasteiger partial charge is 0.0140 e. The van der Waals surface area contributed by atoms with E-state index >= 15 is 0 Å². The van der Waals surface area contributed by atoms with Gasteiger partial charge in [-0.15, -0.1) is 0 Å². The van der Waals surface area contributed by atoms with E-state index in [2.05, 4.69) is 61.3 Å². The molecule has 0 spiro atoms. The van der Waals surface area contributed by atoms with E-state index < -0.39 is 0 Å². The first-order chi connectivity index (χ1) is 11.8. The molecule has 1 heteroatoms. The highest BCUT2D eigenvalue weighted by Gasteiger charge is 2.12. The summed E-state index contributed by atoms with van der Waals surface area (Å²) in [5.74, 6) is 0. The lowest BCUT2D eigenvalue weighted by Crippen LogP contribution is -2.09. The summed E-state index contributed by atoms with van der Waals surface area (Å²) in [4.78, 5) is 0. The van der Waals surface area contributed by atoms with E-state index in [0.717, 1.165) is 32.1 Å². The van der Waals surface area contributed by atoms with Crippen LogP contribution in [-0.2, 0) is 0 Å². The van der Waals surface area contributed by atoms with Gasteiger partial charge in [0.15, 0.2) is 0 Å². The molecule has 0 saturated carbocycles. The minimum atomic E-state index is 1.03. The molecule has 0 radical (unpaired) electrons. The zero-order chi connectivity index (χ0) is 17.8. The third-order valence-electron chi connectivity index (χ3n) is 4.30. The van der Waals surface area contributed by atoms with Crippen LogP contribution in [0.2, 0.25) is 0 Å². The van der Waals surface area contributed by atoms with Gasteiger partial charge in [0.05, 0.1) is 0 Å². The normalized spacial score (nSPS) is 14.5. The van der Waals surface area contributed by atoms with Crippen LogP contribution in [0.1, 0.15) is 58.4 Å². The van der Waals surface area contributed by atoms with Gasteiger partial charge in [-0.1, -0.05) is 75.9 Å². The number of nitrogens with one attached hydrogen (secondary N) is 1. The highest BCUT2D eigenvalue weighted by atomic mass is 14.8. The van der Waals surface area contributed by atoms with Crippen molar-refractivity contribution in [2.75, 3.05) is 7.05 Å². The molecule has 1 aromatic carbocycles. The van der Waals surface area contributed by atoms with E-state index in [1.807, 2.05) is 27.0 Å². The predicted molar refractivity (Wildman–Crippen MR) is 109 cm³/mol. The fourth-order valence-corrected chi connectivity index (χ4v) is 3.07. The third-order valence-corrected chi connectivity index (χ3v) is 4.30. The monoisotopic (exact) mass is 323 g/mol. The Morgan fingerprint density at radius 2 is 1.79 bits per heavy atom. The average molecular weight is 324 g/mol. The first-order valence-electron chi connectivity index (χ1n) is 9.27. The van der Waals surface area contributed by atoms with Crippen molar-refractivity contribution in [3.8, 4) is 0 Å². The molecule has 0 atom stereocenters. The summed E-state index contributed by atoms with van der Waals surface area (Å²) in [5, 5.41) is 3.36. The summed E-state index contributed by atoms with van der Waals surface area (Å²) in [7, 11) is 2.01. The molecule has 1 aliphatic rings. The summed E-state index contributed by atoms with van der Waals surface area (Å²) in [6, 6.07) is 10.7. The van der Waals surface area contributed by atoms with Crippen LogP contribution in [0.15, 0.2) is 72.0 Å². The van der Waals surface area contributed by atoms with Crippen molar-refractivity contribution in [3.05, 3.63) is 77.5 Å². The Kier molecular flexibility index (Phi) is 9.60. The topological polar surface area (TPSA) is 12.0 Å². The summed E-state index contributed by atoms with van der Waals surface area (Å²) in [6.07, 6.45) is 12.2. The molecule has 0 fully saturated rings.